The fraction of sp³-hybridized carbons (Fsp3) is 0.344. The van der Waals surface area contributed by atoms with Crippen LogP contribution in [0.5, 0.6) is 0 Å². The second kappa shape index (κ2) is 15.0. The van der Waals surface area contributed by atoms with E-state index in [4.69, 9.17) is 9.47 Å². The summed E-state index contributed by atoms with van der Waals surface area (Å²) in [5.41, 5.74) is 3.38. The van der Waals surface area contributed by atoms with Crippen molar-refractivity contribution < 1.29 is 23.9 Å². The molecule has 0 spiro atoms. The van der Waals surface area contributed by atoms with Gasteiger partial charge in [0.15, 0.2) is 0 Å². The zero-order chi connectivity index (χ0) is 29.0. The van der Waals surface area contributed by atoms with Crippen molar-refractivity contribution in [3.63, 3.8) is 0 Å². The van der Waals surface area contributed by atoms with Crippen LogP contribution in [0.4, 0.5) is 10.5 Å². The molecule has 0 aliphatic carbocycles. The van der Waals surface area contributed by atoms with Gasteiger partial charge in [-0.05, 0) is 42.5 Å². The topological polar surface area (TPSA) is 118 Å². The molecule has 1 aliphatic rings. The van der Waals surface area contributed by atoms with Gasteiger partial charge in [-0.3, -0.25) is 9.59 Å². The molecule has 3 atom stereocenters. The van der Waals surface area contributed by atoms with E-state index < -0.39 is 18.1 Å². The SMILES string of the molecule is CCNC(=O)[C@@H]1CO[C@H](CCc2ccccc2NC(=O)[C@@H](NC(=O)OC)C(c2ccccc2)c2ccccc2)CN1. The Bertz CT molecular complexity index is 1240. The Morgan fingerprint density at radius 2 is 1.59 bits per heavy atom. The number of hydrogen-bond donors (Lipinski definition) is 4. The third kappa shape index (κ3) is 8.15. The van der Waals surface area contributed by atoms with Crippen molar-refractivity contribution in [2.75, 3.05) is 32.1 Å². The number of ether oxygens (including phenoxy) is 2. The average molecular weight is 559 g/mol. The first-order valence-electron chi connectivity index (χ1n) is 14.0. The van der Waals surface area contributed by atoms with E-state index in [0.717, 1.165) is 16.7 Å². The first-order chi connectivity index (χ1) is 20.0. The molecular formula is C32H38N4O5. The maximum absolute atomic E-state index is 13.9. The summed E-state index contributed by atoms with van der Waals surface area (Å²) in [6.07, 6.45) is 0.620. The minimum atomic E-state index is -0.947. The van der Waals surface area contributed by atoms with E-state index in [0.29, 0.717) is 38.2 Å². The molecule has 0 radical (unpaired) electrons. The molecule has 4 N–H and O–H groups in total. The number of likely N-dealkylation sites (N-methyl/N-ethyl adjacent to an activating group) is 1. The predicted octanol–water partition coefficient (Wildman–Crippen LogP) is 3.61. The molecule has 0 saturated carbocycles. The average Bonchev–Trinajstić information content (AvgIpc) is 3.01. The highest BCUT2D eigenvalue weighted by atomic mass is 16.5. The van der Waals surface area contributed by atoms with Crippen molar-refractivity contribution >= 4 is 23.6 Å². The Morgan fingerprint density at radius 1 is 0.951 bits per heavy atom. The van der Waals surface area contributed by atoms with Gasteiger partial charge in [-0.2, -0.15) is 0 Å². The molecule has 4 rings (SSSR count). The van der Waals surface area contributed by atoms with E-state index in [9.17, 15) is 14.4 Å². The van der Waals surface area contributed by atoms with Gasteiger partial charge in [0.05, 0.1) is 19.8 Å². The second-order valence-corrected chi connectivity index (χ2v) is 9.91. The first kappa shape index (κ1) is 29.8. The minimum absolute atomic E-state index is 0.0567. The van der Waals surface area contributed by atoms with E-state index >= 15 is 0 Å². The lowest BCUT2D eigenvalue weighted by atomic mass is 9.84. The summed E-state index contributed by atoms with van der Waals surface area (Å²) in [5, 5.41) is 11.9. The molecule has 1 fully saturated rings. The van der Waals surface area contributed by atoms with E-state index in [2.05, 4.69) is 21.3 Å². The van der Waals surface area contributed by atoms with Gasteiger partial charge in [-0.25, -0.2) is 4.79 Å². The summed E-state index contributed by atoms with van der Waals surface area (Å²) in [4.78, 5) is 38.4. The number of carbonyl (C=O) groups excluding carboxylic acids is 3. The molecular weight excluding hydrogens is 520 g/mol. The lowest BCUT2D eigenvalue weighted by Gasteiger charge is -2.30. The molecule has 0 unspecified atom stereocenters. The minimum Gasteiger partial charge on any atom is -0.453 e. The molecule has 9 heteroatoms. The van der Waals surface area contributed by atoms with E-state index in [1.807, 2.05) is 91.9 Å². The highest BCUT2D eigenvalue weighted by Crippen LogP contribution is 2.30. The van der Waals surface area contributed by atoms with E-state index in [-0.39, 0.29) is 24.0 Å². The lowest BCUT2D eigenvalue weighted by molar-refractivity contribution is -0.127. The van der Waals surface area contributed by atoms with Gasteiger partial charge in [-0.15, -0.1) is 0 Å². The van der Waals surface area contributed by atoms with Crippen LogP contribution in [-0.2, 0) is 25.5 Å². The van der Waals surface area contributed by atoms with Gasteiger partial charge < -0.3 is 30.7 Å². The summed E-state index contributed by atoms with van der Waals surface area (Å²) in [6, 6.07) is 25.6. The number of benzene rings is 3. The number of para-hydroxylation sites is 1. The third-order valence-corrected chi connectivity index (χ3v) is 7.16. The van der Waals surface area contributed by atoms with Gasteiger partial charge in [0.25, 0.3) is 0 Å². The largest absolute Gasteiger partial charge is 0.453 e. The molecule has 0 bridgehead atoms. The van der Waals surface area contributed by atoms with Crippen molar-refractivity contribution in [2.45, 2.75) is 43.9 Å². The Morgan fingerprint density at radius 3 is 2.17 bits per heavy atom. The Kier molecular flexibility index (Phi) is 10.9. The number of aryl methyl sites for hydroxylation is 1. The van der Waals surface area contributed by atoms with Crippen molar-refractivity contribution in [1.82, 2.24) is 16.0 Å². The molecule has 3 aromatic carbocycles. The number of alkyl carbamates (subject to hydrolysis) is 1. The number of nitrogens with one attached hydrogen (secondary N) is 4. The molecule has 9 nitrogen and oxygen atoms in total. The van der Waals surface area contributed by atoms with Crippen molar-refractivity contribution in [3.05, 3.63) is 102 Å². The Hall–Kier alpha value is -4.21. The van der Waals surface area contributed by atoms with Gasteiger partial charge in [0.1, 0.15) is 12.1 Å². The number of carbonyl (C=O) groups is 3. The molecule has 1 saturated heterocycles. The maximum Gasteiger partial charge on any atom is 0.407 e. The monoisotopic (exact) mass is 558 g/mol. The molecule has 1 heterocycles. The number of methoxy groups -OCH3 is 1. The van der Waals surface area contributed by atoms with Crippen molar-refractivity contribution in [1.29, 1.82) is 0 Å². The quantitative estimate of drug-likeness (QED) is 0.286. The van der Waals surface area contributed by atoms with Crippen LogP contribution in [0.1, 0.15) is 36.0 Å². The molecule has 41 heavy (non-hydrogen) atoms. The lowest BCUT2D eigenvalue weighted by Crippen LogP contribution is -2.54. The maximum atomic E-state index is 13.9. The summed E-state index contributed by atoms with van der Waals surface area (Å²) in [5.74, 6) is -0.873. The van der Waals surface area contributed by atoms with Gasteiger partial charge >= 0.3 is 6.09 Å². The van der Waals surface area contributed by atoms with Crippen LogP contribution >= 0.6 is 0 Å². The predicted molar refractivity (Wildman–Crippen MR) is 158 cm³/mol. The number of amides is 3. The fourth-order valence-electron chi connectivity index (χ4n) is 5.05. The Balaban J connectivity index is 1.50. The normalized spacial score (nSPS) is 17.3. The van der Waals surface area contributed by atoms with E-state index in [1.54, 1.807) is 0 Å². The second-order valence-electron chi connectivity index (χ2n) is 9.91. The van der Waals surface area contributed by atoms with E-state index in [1.165, 1.54) is 7.11 Å². The van der Waals surface area contributed by atoms with Crippen LogP contribution in [0, 0.1) is 0 Å². The number of rotatable bonds is 11. The van der Waals surface area contributed by atoms with Gasteiger partial charge in [-0.1, -0.05) is 78.9 Å². The molecule has 3 amide bonds. The zero-order valence-electron chi connectivity index (χ0n) is 23.5. The fourth-order valence-corrected chi connectivity index (χ4v) is 5.05. The number of morpholine rings is 1. The standard InChI is InChI=1S/C32H38N4O5/c1-3-33-30(37)27-21-41-25(20-34-27)19-18-22-12-10-11-17-26(22)35-31(38)29(36-32(39)40-2)28(23-13-6-4-7-14-23)24-15-8-5-9-16-24/h4-17,25,27-29,34H,3,18-21H2,1-2H3,(H,33,37)(H,35,38)(H,36,39)/t25-,27+,29+/m1/s1. The summed E-state index contributed by atoms with van der Waals surface area (Å²) in [7, 11) is 1.28. The van der Waals surface area contributed by atoms with Crippen molar-refractivity contribution in [2.24, 2.45) is 0 Å². The number of anilines is 1. The van der Waals surface area contributed by atoms with Crippen LogP contribution in [-0.4, -0.2) is 62.9 Å². The molecule has 0 aromatic heterocycles. The van der Waals surface area contributed by atoms with Crippen LogP contribution in [0.25, 0.3) is 0 Å². The Labute approximate surface area is 241 Å². The zero-order valence-corrected chi connectivity index (χ0v) is 23.5. The highest BCUT2D eigenvalue weighted by Gasteiger charge is 2.33. The first-order valence-corrected chi connectivity index (χ1v) is 14.0. The highest BCUT2D eigenvalue weighted by molar-refractivity contribution is 5.98. The third-order valence-electron chi connectivity index (χ3n) is 7.16. The van der Waals surface area contributed by atoms with Crippen LogP contribution in [0.2, 0.25) is 0 Å². The van der Waals surface area contributed by atoms with Crippen LogP contribution in [0.15, 0.2) is 84.9 Å². The van der Waals surface area contributed by atoms with Crippen LogP contribution in [0.3, 0.4) is 0 Å². The smallest absolute Gasteiger partial charge is 0.407 e. The molecule has 216 valence electrons. The summed E-state index contributed by atoms with van der Waals surface area (Å²) < 4.78 is 10.8. The van der Waals surface area contributed by atoms with Crippen LogP contribution < -0.4 is 21.3 Å². The molecule has 1 aliphatic heterocycles. The van der Waals surface area contributed by atoms with Gasteiger partial charge in [0.2, 0.25) is 11.8 Å². The van der Waals surface area contributed by atoms with Crippen molar-refractivity contribution in [3.8, 4) is 0 Å². The summed E-state index contributed by atoms with van der Waals surface area (Å²) in [6.45, 7) is 3.35. The molecule has 3 aromatic rings. The summed E-state index contributed by atoms with van der Waals surface area (Å²) >= 11 is 0. The van der Waals surface area contributed by atoms with Gasteiger partial charge in [0, 0.05) is 24.7 Å². The number of hydrogen-bond acceptors (Lipinski definition) is 6.